The molecule has 1 N–H and O–H groups in total. The first kappa shape index (κ1) is 10.2. The second-order valence-corrected chi connectivity index (χ2v) is 3.89. The van der Waals surface area contributed by atoms with E-state index >= 15 is 0 Å². The van der Waals surface area contributed by atoms with Gasteiger partial charge >= 0.3 is 0 Å². The molecular formula is C10H15N3O2. The number of aliphatic hydroxyl groups excluding tert-OH is 1. The molecule has 0 spiro atoms. The van der Waals surface area contributed by atoms with E-state index in [9.17, 15) is 9.90 Å². The molecule has 1 aromatic rings. The van der Waals surface area contributed by atoms with Gasteiger partial charge in [0.25, 0.3) is 0 Å². The van der Waals surface area contributed by atoms with Crippen LogP contribution in [0.4, 0.5) is 0 Å². The van der Waals surface area contributed by atoms with Crippen LogP contribution < -0.4 is 0 Å². The van der Waals surface area contributed by atoms with Crippen LogP contribution in [0.5, 0.6) is 0 Å². The number of hydrogen-bond donors (Lipinski definition) is 1. The predicted molar refractivity (Wildman–Crippen MR) is 54.1 cm³/mol. The molecule has 15 heavy (non-hydrogen) atoms. The summed E-state index contributed by atoms with van der Waals surface area (Å²) < 4.78 is 1.63. The molecule has 0 radical (unpaired) electrons. The lowest BCUT2D eigenvalue weighted by atomic mass is 10.3. The van der Waals surface area contributed by atoms with Crippen LogP contribution in [-0.4, -0.2) is 44.9 Å². The fourth-order valence-corrected chi connectivity index (χ4v) is 1.83. The fourth-order valence-electron chi connectivity index (χ4n) is 1.83. The summed E-state index contributed by atoms with van der Waals surface area (Å²) in [6, 6.07) is 1.51. The van der Waals surface area contributed by atoms with Crippen LogP contribution >= 0.6 is 0 Å². The van der Waals surface area contributed by atoms with E-state index in [1.165, 1.54) is 0 Å². The number of β-amino-alcohol motifs (C(OH)–C–C–N with tert-alkyl or cyclic N) is 1. The monoisotopic (exact) mass is 209 g/mol. The van der Waals surface area contributed by atoms with Crippen LogP contribution in [0, 0.1) is 0 Å². The topological polar surface area (TPSA) is 58.4 Å². The summed E-state index contributed by atoms with van der Waals surface area (Å²) >= 11 is 0. The Hall–Kier alpha value is -1.36. The molecule has 1 aliphatic rings. The van der Waals surface area contributed by atoms with E-state index in [1.54, 1.807) is 28.0 Å². The number of aliphatic hydroxyl groups is 1. The zero-order valence-corrected chi connectivity index (χ0v) is 8.71. The van der Waals surface area contributed by atoms with E-state index in [1.807, 2.05) is 6.92 Å². The zero-order valence-electron chi connectivity index (χ0n) is 8.71. The first-order chi connectivity index (χ1) is 7.18. The summed E-state index contributed by atoms with van der Waals surface area (Å²) in [7, 11) is 0. The highest BCUT2D eigenvalue weighted by Gasteiger charge is 2.28. The van der Waals surface area contributed by atoms with Gasteiger partial charge in [-0.1, -0.05) is 0 Å². The van der Waals surface area contributed by atoms with Crippen molar-refractivity contribution >= 4 is 5.91 Å². The molecular weight excluding hydrogens is 194 g/mol. The molecule has 2 atom stereocenters. The highest BCUT2D eigenvalue weighted by molar-refractivity contribution is 5.80. The van der Waals surface area contributed by atoms with Crippen molar-refractivity contribution < 1.29 is 9.90 Å². The Balaban J connectivity index is 2.02. The summed E-state index contributed by atoms with van der Waals surface area (Å²) in [5.74, 6) is 0.0234. The van der Waals surface area contributed by atoms with E-state index < -0.39 is 0 Å². The highest BCUT2D eigenvalue weighted by Crippen LogP contribution is 2.15. The number of likely N-dealkylation sites (tertiary alicyclic amines) is 1. The van der Waals surface area contributed by atoms with E-state index in [2.05, 4.69) is 5.10 Å². The average Bonchev–Trinajstić information content (AvgIpc) is 2.85. The van der Waals surface area contributed by atoms with Crippen molar-refractivity contribution in [1.82, 2.24) is 14.7 Å². The van der Waals surface area contributed by atoms with Gasteiger partial charge in [-0.2, -0.15) is 5.10 Å². The van der Waals surface area contributed by atoms with Gasteiger partial charge in [0.15, 0.2) is 0 Å². The van der Waals surface area contributed by atoms with Crippen LogP contribution in [0.1, 0.15) is 19.4 Å². The maximum atomic E-state index is 11.9. The summed E-state index contributed by atoms with van der Waals surface area (Å²) in [6.45, 7) is 2.91. The van der Waals surface area contributed by atoms with Gasteiger partial charge in [0.2, 0.25) is 5.91 Å². The molecule has 1 aromatic heterocycles. The molecule has 1 amide bonds. The van der Waals surface area contributed by atoms with Gasteiger partial charge in [0.1, 0.15) is 6.04 Å². The maximum Gasteiger partial charge on any atom is 0.247 e. The number of carbonyl (C=O) groups excluding carboxylic acids is 1. The Kier molecular flexibility index (Phi) is 2.73. The number of nitrogens with zero attached hydrogens (tertiary/aromatic N) is 3. The van der Waals surface area contributed by atoms with Crippen molar-refractivity contribution in [1.29, 1.82) is 0 Å². The van der Waals surface area contributed by atoms with Crippen molar-refractivity contribution in [2.45, 2.75) is 25.5 Å². The lowest BCUT2D eigenvalue weighted by Crippen LogP contribution is -2.35. The van der Waals surface area contributed by atoms with Crippen LogP contribution in [0.15, 0.2) is 18.5 Å². The predicted octanol–water partition coefficient (Wildman–Crippen LogP) is 0.0373. The number of rotatable bonds is 2. The molecule has 0 aromatic carbocycles. The summed E-state index contributed by atoms with van der Waals surface area (Å²) in [5, 5.41) is 13.4. The maximum absolute atomic E-state index is 11.9. The van der Waals surface area contributed by atoms with Crippen LogP contribution in [-0.2, 0) is 4.79 Å². The Labute approximate surface area is 88.3 Å². The lowest BCUT2D eigenvalue weighted by Gasteiger charge is -2.20. The van der Waals surface area contributed by atoms with Gasteiger partial charge in [-0.05, 0) is 19.4 Å². The number of hydrogen-bond acceptors (Lipinski definition) is 3. The Morgan fingerprint density at radius 2 is 2.47 bits per heavy atom. The minimum absolute atomic E-state index is 0.0234. The summed E-state index contributed by atoms with van der Waals surface area (Å²) in [6.07, 6.45) is 3.74. The molecule has 0 aliphatic carbocycles. The van der Waals surface area contributed by atoms with Gasteiger partial charge < -0.3 is 10.0 Å². The normalized spacial score (nSPS) is 23.1. The van der Waals surface area contributed by atoms with Crippen LogP contribution in [0.25, 0.3) is 0 Å². The third-order valence-electron chi connectivity index (χ3n) is 2.75. The van der Waals surface area contributed by atoms with Crippen LogP contribution in [0.2, 0.25) is 0 Å². The van der Waals surface area contributed by atoms with Crippen LogP contribution in [0.3, 0.4) is 0 Å². The van der Waals surface area contributed by atoms with Crippen molar-refractivity contribution in [3.63, 3.8) is 0 Å². The third-order valence-corrected chi connectivity index (χ3v) is 2.75. The van der Waals surface area contributed by atoms with Gasteiger partial charge in [-0.3, -0.25) is 9.48 Å². The SMILES string of the molecule is C[C@H](C(=O)N1CC[C@@H](O)C1)n1cccn1. The number of amides is 1. The summed E-state index contributed by atoms with van der Waals surface area (Å²) in [5.41, 5.74) is 0. The lowest BCUT2D eigenvalue weighted by molar-refractivity contribution is -0.133. The van der Waals surface area contributed by atoms with E-state index in [0.717, 1.165) is 0 Å². The van der Waals surface area contributed by atoms with Crippen molar-refractivity contribution in [2.24, 2.45) is 0 Å². The first-order valence-corrected chi connectivity index (χ1v) is 5.14. The molecule has 1 fully saturated rings. The van der Waals surface area contributed by atoms with E-state index in [4.69, 9.17) is 0 Å². The highest BCUT2D eigenvalue weighted by atomic mass is 16.3. The second-order valence-electron chi connectivity index (χ2n) is 3.89. The average molecular weight is 209 g/mol. The minimum atomic E-state index is -0.362. The van der Waals surface area contributed by atoms with Gasteiger partial charge in [0.05, 0.1) is 6.10 Å². The molecule has 2 rings (SSSR count). The van der Waals surface area contributed by atoms with Gasteiger partial charge in [-0.25, -0.2) is 0 Å². The summed E-state index contributed by atoms with van der Waals surface area (Å²) in [4.78, 5) is 13.6. The third kappa shape index (κ3) is 2.02. The second kappa shape index (κ2) is 4.02. The fraction of sp³-hybridized carbons (Fsp3) is 0.600. The quantitative estimate of drug-likeness (QED) is 0.748. The van der Waals surface area contributed by atoms with E-state index in [-0.39, 0.29) is 18.1 Å². The smallest absolute Gasteiger partial charge is 0.247 e. The molecule has 2 heterocycles. The van der Waals surface area contributed by atoms with Crippen molar-refractivity contribution in [3.05, 3.63) is 18.5 Å². The largest absolute Gasteiger partial charge is 0.391 e. The zero-order chi connectivity index (χ0) is 10.8. The standard InChI is InChI=1S/C10H15N3O2/c1-8(13-5-2-4-11-13)10(15)12-6-3-9(14)7-12/h2,4-5,8-9,14H,3,6-7H2,1H3/t8-,9-/m1/s1. The van der Waals surface area contributed by atoms with E-state index in [0.29, 0.717) is 19.5 Å². The van der Waals surface area contributed by atoms with Gasteiger partial charge in [-0.15, -0.1) is 0 Å². The molecule has 1 saturated heterocycles. The van der Waals surface area contributed by atoms with Crippen molar-refractivity contribution in [3.8, 4) is 0 Å². The molecule has 1 aliphatic heterocycles. The number of carbonyl (C=O) groups is 1. The number of aromatic nitrogens is 2. The Bertz CT molecular complexity index is 336. The molecule has 5 nitrogen and oxygen atoms in total. The minimum Gasteiger partial charge on any atom is -0.391 e. The Morgan fingerprint density at radius 1 is 1.67 bits per heavy atom. The van der Waals surface area contributed by atoms with Gasteiger partial charge in [0, 0.05) is 25.5 Å². The molecule has 0 saturated carbocycles. The molecule has 0 bridgehead atoms. The Morgan fingerprint density at radius 3 is 3.00 bits per heavy atom. The first-order valence-electron chi connectivity index (χ1n) is 5.14. The molecule has 5 heteroatoms. The molecule has 82 valence electrons. The van der Waals surface area contributed by atoms with Crippen molar-refractivity contribution in [2.75, 3.05) is 13.1 Å². The molecule has 0 unspecified atom stereocenters.